The zero-order chi connectivity index (χ0) is 26.9. The summed E-state index contributed by atoms with van der Waals surface area (Å²) in [5, 5.41) is 3.69. The summed E-state index contributed by atoms with van der Waals surface area (Å²) in [5.41, 5.74) is 10.0. The second-order valence-corrected chi connectivity index (χ2v) is 9.91. The number of pyridine rings is 1. The summed E-state index contributed by atoms with van der Waals surface area (Å²) >= 11 is 0. The van der Waals surface area contributed by atoms with Crippen molar-refractivity contribution in [3.05, 3.63) is 101 Å². The predicted octanol–water partition coefficient (Wildman–Crippen LogP) is 4.35. The molecule has 1 saturated heterocycles. The Morgan fingerprint density at radius 3 is 2.46 bits per heavy atom. The van der Waals surface area contributed by atoms with Gasteiger partial charge in [-0.05, 0) is 74.9 Å². The van der Waals surface area contributed by atoms with Crippen LogP contribution in [-0.2, 0) is 0 Å². The Morgan fingerprint density at radius 1 is 0.974 bits per heavy atom. The van der Waals surface area contributed by atoms with E-state index in [4.69, 9.17) is 5.73 Å². The summed E-state index contributed by atoms with van der Waals surface area (Å²) in [6.07, 6.45) is 7.37. The smallest absolute Gasteiger partial charge is 0.267 e. The van der Waals surface area contributed by atoms with Crippen LogP contribution >= 0.6 is 0 Å². The molecular formula is C30H29N7O2. The van der Waals surface area contributed by atoms with E-state index in [2.05, 4.69) is 38.0 Å². The molecule has 1 aliphatic heterocycles. The van der Waals surface area contributed by atoms with Gasteiger partial charge in [0.2, 0.25) is 0 Å². The molecule has 1 amide bonds. The number of fused-ring (bicyclic) bond motifs is 1. The van der Waals surface area contributed by atoms with Crippen LogP contribution in [0.15, 0.2) is 90.2 Å². The number of para-hydroxylation sites is 1. The molecule has 0 unspecified atom stereocenters. The van der Waals surface area contributed by atoms with Crippen LogP contribution in [0.3, 0.4) is 0 Å². The van der Waals surface area contributed by atoms with Gasteiger partial charge in [-0.3, -0.25) is 14.2 Å². The number of likely N-dealkylation sites (tertiary alicyclic amines) is 1. The molecule has 196 valence electrons. The molecule has 0 radical (unpaired) electrons. The Bertz CT molecular complexity index is 1700. The molecule has 39 heavy (non-hydrogen) atoms. The fourth-order valence-corrected chi connectivity index (χ4v) is 5.27. The highest BCUT2D eigenvalue weighted by Crippen LogP contribution is 2.36. The number of benzene rings is 2. The van der Waals surface area contributed by atoms with Gasteiger partial charge in [0.25, 0.3) is 11.5 Å². The molecule has 9 nitrogen and oxygen atoms in total. The number of piperidine rings is 1. The van der Waals surface area contributed by atoms with Crippen LogP contribution in [0.4, 0.5) is 11.5 Å². The van der Waals surface area contributed by atoms with E-state index in [9.17, 15) is 9.59 Å². The molecule has 6 rings (SSSR count). The summed E-state index contributed by atoms with van der Waals surface area (Å²) in [4.78, 5) is 37.2. The monoisotopic (exact) mass is 519 g/mol. The van der Waals surface area contributed by atoms with Crippen molar-refractivity contribution < 1.29 is 4.79 Å². The quantitative estimate of drug-likeness (QED) is 0.357. The molecule has 3 N–H and O–H groups in total. The first kappa shape index (κ1) is 24.6. The van der Waals surface area contributed by atoms with E-state index >= 15 is 0 Å². The molecule has 2 aromatic carbocycles. The second-order valence-electron chi connectivity index (χ2n) is 9.91. The fraction of sp³-hybridized carbons (Fsp3) is 0.200. The normalized spacial score (nSPS) is 14.5. The average Bonchev–Trinajstić information content (AvgIpc) is 3.35. The first-order valence-corrected chi connectivity index (χ1v) is 13.0. The predicted molar refractivity (Wildman–Crippen MR) is 153 cm³/mol. The number of rotatable bonds is 5. The molecule has 0 bridgehead atoms. The average molecular weight is 520 g/mol. The lowest BCUT2D eigenvalue weighted by molar-refractivity contribution is 0.102. The van der Waals surface area contributed by atoms with E-state index in [0.717, 1.165) is 48.1 Å². The van der Waals surface area contributed by atoms with Crippen molar-refractivity contribution in [3.8, 4) is 16.8 Å². The number of nitrogens with two attached hydrogens (primary N) is 1. The number of hydrogen-bond donors (Lipinski definition) is 2. The van der Waals surface area contributed by atoms with Gasteiger partial charge in [0.15, 0.2) is 0 Å². The number of amides is 1. The lowest BCUT2D eigenvalue weighted by atomic mass is 10.1. The highest BCUT2D eigenvalue weighted by molar-refractivity contribution is 6.04. The van der Waals surface area contributed by atoms with Crippen molar-refractivity contribution in [3.63, 3.8) is 0 Å². The SMILES string of the molecule is CN1CCC(n2cc(-c3ccc(NC(=O)c4cccn(-c5ccccc5)c4=O)cc3)c3c(N)ncnc32)CC1. The maximum atomic E-state index is 13.0. The van der Waals surface area contributed by atoms with Crippen LogP contribution in [-0.4, -0.2) is 50.0 Å². The topological polar surface area (TPSA) is 111 Å². The van der Waals surface area contributed by atoms with Gasteiger partial charge in [-0.2, -0.15) is 0 Å². The molecule has 4 heterocycles. The lowest BCUT2D eigenvalue weighted by Crippen LogP contribution is -2.31. The van der Waals surface area contributed by atoms with E-state index in [1.54, 1.807) is 12.3 Å². The number of nitrogens with zero attached hydrogens (tertiary/aromatic N) is 5. The maximum absolute atomic E-state index is 13.0. The molecule has 1 aliphatic rings. The van der Waals surface area contributed by atoms with Crippen LogP contribution in [0.25, 0.3) is 27.8 Å². The number of anilines is 2. The summed E-state index contributed by atoms with van der Waals surface area (Å²) in [5.74, 6) is -0.0209. The van der Waals surface area contributed by atoms with Gasteiger partial charge in [0.05, 0.1) is 5.39 Å². The number of nitrogens with one attached hydrogen (secondary N) is 1. The minimum Gasteiger partial charge on any atom is -0.383 e. The van der Waals surface area contributed by atoms with Crippen LogP contribution < -0.4 is 16.6 Å². The molecule has 3 aromatic heterocycles. The number of nitrogen functional groups attached to an aromatic ring is 1. The van der Waals surface area contributed by atoms with Crippen LogP contribution in [0.2, 0.25) is 0 Å². The minimum absolute atomic E-state index is 0.0662. The molecule has 5 aromatic rings. The Balaban J connectivity index is 1.28. The Hall–Kier alpha value is -4.76. The van der Waals surface area contributed by atoms with E-state index in [1.165, 1.54) is 17.0 Å². The third-order valence-electron chi connectivity index (χ3n) is 7.40. The van der Waals surface area contributed by atoms with Crippen LogP contribution in [0, 0.1) is 0 Å². The molecule has 9 heteroatoms. The molecule has 0 aliphatic carbocycles. The molecule has 0 atom stereocenters. The van der Waals surface area contributed by atoms with Gasteiger partial charge < -0.3 is 20.5 Å². The highest BCUT2D eigenvalue weighted by atomic mass is 16.2. The maximum Gasteiger partial charge on any atom is 0.267 e. The van der Waals surface area contributed by atoms with Crippen LogP contribution in [0.1, 0.15) is 29.2 Å². The zero-order valence-electron chi connectivity index (χ0n) is 21.6. The number of carbonyl (C=O) groups excluding carboxylic acids is 1. The summed E-state index contributed by atoms with van der Waals surface area (Å²) in [7, 11) is 2.15. The van der Waals surface area contributed by atoms with Gasteiger partial charge in [0, 0.05) is 35.4 Å². The first-order chi connectivity index (χ1) is 19.0. The third kappa shape index (κ3) is 4.68. The third-order valence-corrected chi connectivity index (χ3v) is 7.40. The molecule has 0 saturated carbocycles. The van der Waals surface area contributed by atoms with E-state index in [0.29, 0.717) is 23.2 Å². The Kier molecular flexibility index (Phi) is 6.42. The minimum atomic E-state index is -0.463. The lowest BCUT2D eigenvalue weighted by Gasteiger charge is -2.30. The molecular weight excluding hydrogens is 490 g/mol. The van der Waals surface area contributed by atoms with Gasteiger partial charge in [-0.1, -0.05) is 30.3 Å². The first-order valence-electron chi connectivity index (χ1n) is 13.0. The number of hydrogen-bond acceptors (Lipinski definition) is 6. The molecule has 0 spiro atoms. The summed E-state index contributed by atoms with van der Waals surface area (Å²) in [6.45, 7) is 2.07. The largest absolute Gasteiger partial charge is 0.383 e. The standard InChI is InChI=1S/C30H29N7O2/c1-35-16-13-23(14-17-35)37-18-25(26-27(31)32-19-33-28(26)37)20-9-11-21(12-10-20)34-29(38)24-8-5-15-36(30(24)39)22-6-3-2-4-7-22/h2-12,15,18-19,23H,13-14,16-17H2,1H3,(H,34,38)(H2,31,32,33). The Labute approximate surface area is 225 Å². The zero-order valence-corrected chi connectivity index (χ0v) is 21.6. The van der Waals surface area contributed by atoms with Crippen molar-refractivity contribution in [1.29, 1.82) is 0 Å². The van der Waals surface area contributed by atoms with Crippen molar-refractivity contribution in [1.82, 2.24) is 24.0 Å². The summed E-state index contributed by atoms with van der Waals surface area (Å²) in [6, 6.07) is 20.3. The molecule has 1 fully saturated rings. The van der Waals surface area contributed by atoms with Gasteiger partial charge in [0.1, 0.15) is 23.4 Å². The van der Waals surface area contributed by atoms with Gasteiger partial charge in [-0.25, -0.2) is 9.97 Å². The van der Waals surface area contributed by atoms with Crippen molar-refractivity contribution in [2.75, 3.05) is 31.2 Å². The van der Waals surface area contributed by atoms with Crippen molar-refractivity contribution in [2.24, 2.45) is 0 Å². The van der Waals surface area contributed by atoms with Crippen molar-refractivity contribution in [2.45, 2.75) is 18.9 Å². The van der Waals surface area contributed by atoms with Gasteiger partial charge >= 0.3 is 0 Å². The van der Waals surface area contributed by atoms with Crippen LogP contribution in [0.5, 0.6) is 0 Å². The summed E-state index contributed by atoms with van der Waals surface area (Å²) < 4.78 is 3.70. The van der Waals surface area contributed by atoms with E-state index in [-0.39, 0.29) is 11.1 Å². The highest BCUT2D eigenvalue weighted by Gasteiger charge is 2.23. The number of carbonyl (C=O) groups is 1. The van der Waals surface area contributed by atoms with Gasteiger partial charge in [-0.15, -0.1) is 0 Å². The number of aromatic nitrogens is 4. The van der Waals surface area contributed by atoms with E-state index in [1.807, 2.05) is 54.6 Å². The Morgan fingerprint density at radius 2 is 1.72 bits per heavy atom. The van der Waals surface area contributed by atoms with E-state index < -0.39 is 5.91 Å². The second kappa shape index (κ2) is 10.2. The van der Waals surface area contributed by atoms with Crippen molar-refractivity contribution >= 4 is 28.4 Å². The fourth-order valence-electron chi connectivity index (χ4n) is 5.27.